The number of nitriles is 1. The van der Waals surface area contributed by atoms with Crippen molar-refractivity contribution in [3.63, 3.8) is 0 Å². The fraction of sp³-hybridized carbons (Fsp3) is 0.176. The number of carboxylic acids is 1. The highest BCUT2D eigenvalue weighted by molar-refractivity contribution is 5.89. The number of hydrogen-bond acceptors (Lipinski definition) is 6. The van der Waals surface area contributed by atoms with E-state index in [4.69, 9.17) is 9.84 Å². The molecule has 0 spiro atoms. The maximum Gasteiger partial charge on any atom is 0.335 e. The standard InChI is InChI=1S/C17H16N4O3/c1-11-7-14(10-24-2)15(8-18)16(20-11)21-19-9-12-3-5-13(6-4-12)17(22)23/h3-7,9H,10H2,1-2H3,(H,20,21)(H,22,23)/b19-9-. The van der Waals surface area contributed by atoms with Gasteiger partial charge >= 0.3 is 5.97 Å². The average molecular weight is 324 g/mol. The Hall–Kier alpha value is -3.24. The number of aryl methyl sites for hydroxylation is 1. The molecule has 7 heteroatoms. The van der Waals surface area contributed by atoms with E-state index >= 15 is 0 Å². The van der Waals surface area contributed by atoms with Gasteiger partial charge in [0.2, 0.25) is 0 Å². The number of aromatic nitrogens is 1. The summed E-state index contributed by atoms with van der Waals surface area (Å²) in [4.78, 5) is 15.1. The summed E-state index contributed by atoms with van der Waals surface area (Å²) >= 11 is 0. The van der Waals surface area contributed by atoms with Crippen LogP contribution in [0, 0.1) is 18.3 Å². The number of hydrazone groups is 1. The lowest BCUT2D eigenvalue weighted by molar-refractivity contribution is 0.0697. The van der Waals surface area contributed by atoms with Gasteiger partial charge < -0.3 is 9.84 Å². The first kappa shape index (κ1) is 17.1. The minimum Gasteiger partial charge on any atom is -0.478 e. The van der Waals surface area contributed by atoms with E-state index in [0.717, 1.165) is 16.8 Å². The summed E-state index contributed by atoms with van der Waals surface area (Å²) in [5.41, 5.74) is 5.53. The van der Waals surface area contributed by atoms with Crippen LogP contribution in [0.5, 0.6) is 0 Å². The SMILES string of the molecule is COCc1cc(C)nc(N/N=C\c2ccc(C(=O)O)cc2)c1C#N. The molecule has 1 aromatic heterocycles. The topological polar surface area (TPSA) is 108 Å². The second kappa shape index (κ2) is 7.85. The van der Waals surface area contributed by atoms with E-state index in [1.807, 2.05) is 6.92 Å². The lowest BCUT2D eigenvalue weighted by Crippen LogP contribution is -2.03. The fourth-order valence-electron chi connectivity index (χ4n) is 2.10. The Morgan fingerprint density at radius 1 is 1.46 bits per heavy atom. The molecule has 1 aromatic carbocycles. The summed E-state index contributed by atoms with van der Waals surface area (Å²) in [5.74, 6) is -0.632. The summed E-state index contributed by atoms with van der Waals surface area (Å²) in [6.45, 7) is 2.13. The zero-order valence-electron chi connectivity index (χ0n) is 13.3. The van der Waals surface area contributed by atoms with Gasteiger partial charge in [0, 0.05) is 18.4 Å². The Balaban J connectivity index is 2.19. The van der Waals surface area contributed by atoms with Crippen LogP contribution in [0.3, 0.4) is 0 Å². The third-order valence-electron chi connectivity index (χ3n) is 3.18. The van der Waals surface area contributed by atoms with Gasteiger partial charge in [-0.15, -0.1) is 0 Å². The van der Waals surface area contributed by atoms with Crippen molar-refractivity contribution in [1.82, 2.24) is 4.98 Å². The lowest BCUT2D eigenvalue weighted by Gasteiger charge is -2.09. The van der Waals surface area contributed by atoms with E-state index in [1.54, 1.807) is 25.3 Å². The van der Waals surface area contributed by atoms with Gasteiger partial charge in [-0.1, -0.05) is 12.1 Å². The molecule has 2 aromatic rings. The van der Waals surface area contributed by atoms with E-state index in [9.17, 15) is 10.1 Å². The molecule has 2 N–H and O–H groups in total. The van der Waals surface area contributed by atoms with Gasteiger partial charge in [0.05, 0.1) is 18.4 Å². The van der Waals surface area contributed by atoms with Crippen molar-refractivity contribution in [2.45, 2.75) is 13.5 Å². The minimum absolute atomic E-state index is 0.205. The number of anilines is 1. The fourth-order valence-corrected chi connectivity index (χ4v) is 2.10. The largest absolute Gasteiger partial charge is 0.478 e. The highest BCUT2D eigenvalue weighted by Gasteiger charge is 2.10. The molecule has 0 bridgehead atoms. The number of nitrogens with one attached hydrogen (secondary N) is 1. The molecule has 0 atom stereocenters. The number of ether oxygens (including phenoxy) is 1. The molecule has 122 valence electrons. The molecule has 0 saturated carbocycles. The van der Waals surface area contributed by atoms with Crippen molar-refractivity contribution in [3.8, 4) is 6.07 Å². The zero-order chi connectivity index (χ0) is 17.5. The van der Waals surface area contributed by atoms with Crippen LogP contribution in [0.1, 0.15) is 32.7 Å². The first-order chi connectivity index (χ1) is 11.5. The Morgan fingerprint density at radius 2 is 2.17 bits per heavy atom. The predicted molar refractivity (Wildman–Crippen MR) is 89.0 cm³/mol. The van der Waals surface area contributed by atoms with Crippen LogP contribution in [0.2, 0.25) is 0 Å². The van der Waals surface area contributed by atoms with Crippen molar-refractivity contribution in [2.75, 3.05) is 12.5 Å². The van der Waals surface area contributed by atoms with E-state index in [-0.39, 0.29) is 5.56 Å². The molecule has 0 aliphatic rings. The molecular formula is C17H16N4O3. The molecule has 0 fully saturated rings. The van der Waals surface area contributed by atoms with Gasteiger partial charge in [-0.25, -0.2) is 9.78 Å². The maximum absolute atomic E-state index is 10.8. The van der Waals surface area contributed by atoms with Crippen LogP contribution >= 0.6 is 0 Å². The minimum atomic E-state index is -0.982. The van der Waals surface area contributed by atoms with Crippen molar-refractivity contribution >= 4 is 18.0 Å². The third kappa shape index (κ3) is 4.15. The van der Waals surface area contributed by atoms with Gasteiger partial charge in [0.25, 0.3) is 0 Å². The summed E-state index contributed by atoms with van der Waals surface area (Å²) in [7, 11) is 1.56. The van der Waals surface area contributed by atoms with Crippen molar-refractivity contribution in [2.24, 2.45) is 5.10 Å². The molecule has 2 rings (SSSR count). The first-order valence-corrected chi connectivity index (χ1v) is 7.07. The summed E-state index contributed by atoms with van der Waals surface area (Å²) in [6.07, 6.45) is 1.52. The number of pyridine rings is 1. The van der Waals surface area contributed by atoms with Crippen molar-refractivity contribution in [1.29, 1.82) is 5.26 Å². The molecule has 0 saturated heterocycles. The Labute approximate surface area is 139 Å². The molecule has 0 amide bonds. The number of carbonyl (C=O) groups is 1. The average Bonchev–Trinajstić information content (AvgIpc) is 2.55. The second-order valence-corrected chi connectivity index (χ2v) is 4.99. The normalized spacial score (nSPS) is 10.5. The molecule has 0 unspecified atom stereocenters. The quantitative estimate of drug-likeness (QED) is 0.624. The summed E-state index contributed by atoms with van der Waals surface area (Å²) in [6, 6.07) is 10.2. The zero-order valence-corrected chi connectivity index (χ0v) is 13.3. The second-order valence-electron chi connectivity index (χ2n) is 4.99. The highest BCUT2D eigenvalue weighted by atomic mass is 16.5. The first-order valence-electron chi connectivity index (χ1n) is 7.07. The van der Waals surface area contributed by atoms with E-state index in [1.165, 1.54) is 18.3 Å². The predicted octanol–water partition coefficient (Wildman–Crippen LogP) is 2.55. The summed E-state index contributed by atoms with van der Waals surface area (Å²) in [5, 5.41) is 22.2. The molecule has 24 heavy (non-hydrogen) atoms. The van der Waals surface area contributed by atoms with Gasteiger partial charge in [-0.3, -0.25) is 5.43 Å². The maximum atomic E-state index is 10.8. The number of nitrogens with zero attached hydrogens (tertiary/aromatic N) is 3. The van der Waals surface area contributed by atoms with E-state index in [2.05, 4.69) is 21.6 Å². The van der Waals surface area contributed by atoms with Crippen LogP contribution in [-0.2, 0) is 11.3 Å². The lowest BCUT2D eigenvalue weighted by atomic mass is 10.1. The monoisotopic (exact) mass is 324 g/mol. The van der Waals surface area contributed by atoms with Crippen LogP contribution in [0.25, 0.3) is 0 Å². The summed E-state index contributed by atoms with van der Waals surface area (Å²) < 4.78 is 5.09. The smallest absolute Gasteiger partial charge is 0.335 e. The number of benzene rings is 1. The Morgan fingerprint density at radius 3 is 2.75 bits per heavy atom. The van der Waals surface area contributed by atoms with Gasteiger partial charge in [0.1, 0.15) is 11.6 Å². The molecule has 0 aliphatic carbocycles. The van der Waals surface area contributed by atoms with E-state index < -0.39 is 5.97 Å². The number of rotatable bonds is 6. The molecule has 0 radical (unpaired) electrons. The number of hydrogen-bond donors (Lipinski definition) is 2. The van der Waals surface area contributed by atoms with E-state index in [0.29, 0.717) is 18.0 Å². The van der Waals surface area contributed by atoms with Crippen LogP contribution in [0.4, 0.5) is 5.82 Å². The molecule has 7 nitrogen and oxygen atoms in total. The number of carboxylic acid groups (broad SMARTS) is 1. The number of methoxy groups -OCH3 is 1. The van der Waals surface area contributed by atoms with Crippen molar-refractivity contribution in [3.05, 3.63) is 58.3 Å². The van der Waals surface area contributed by atoms with Gasteiger partial charge in [-0.05, 0) is 30.7 Å². The Kier molecular flexibility index (Phi) is 5.60. The van der Waals surface area contributed by atoms with Gasteiger partial charge in [-0.2, -0.15) is 10.4 Å². The molecular weight excluding hydrogens is 308 g/mol. The third-order valence-corrected chi connectivity index (χ3v) is 3.18. The Bertz CT molecular complexity index is 808. The van der Waals surface area contributed by atoms with Crippen LogP contribution < -0.4 is 5.43 Å². The van der Waals surface area contributed by atoms with Gasteiger partial charge in [0.15, 0.2) is 5.82 Å². The highest BCUT2D eigenvalue weighted by Crippen LogP contribution is 2.19. The van der Waals surface area contributed by atoms with Crippen LogP contribution in [0.15, 0.2) is 35.4 Å². The number of aromatic carboxylic acids is 1. The molecule has 0 aliphatic heterocycles. The molecule has 1 heterocycles. The van der Waals surface area contributed by atoms with Crippen molar-refractivity contribution < 1.29 is 14.6 Å². The van der Waals surface area contributed by atoms with Crippen LogP contribution in [-0.4, -0.2) is 29.4 Å².